The van der Waals surface area contributed by atoms with E-state index in [-0.39, 0.29) is 12.5 Å². The van der Waals surface area contributed by atoms with E-state index in [1.165, 1.54) is 4.90 Å². The number of rotatable bonds is 6. The second-order valence-electron chi connectivity index (χ2n) is 4.89. The fourth-order valence-electron chi connectivity index (χ4n) is 2.18. The molecule has 0 aromatic heterocycles. The fraction of sp³-hybridized carbons (Fsp3) is 0.800. The van der Waals surface area contributed by atoms with Gasteiger partial charge in [0.05, 0.1) is 12.5 Å². The second-order valence-corrected chi connectivity index (χ2v) is 6.27. The van der Waals surface area contributed by atoms with Crippen LogP contribution in [0, 0.1) is 5.92 Å². The quantitative estimate of drug-likeness (QED) is 0.437. The zero-order chi connectivity index (χ0) is 15.3. The highest BCUT2D eigenvalue weighted by Gasteiger charge is 2.28. The molecule has 0 saturated carbocycles. The molecule has 1 heterocycles. The van der Waals surface area contributed by atoms with Gasteiger partial charge in [0.25, 0.3) is 10.2 Å². The highest BCUT2D eigenvalue weighted by atomic mass is 32.2. The highest BCUT2D eigenvalue weighted by molar-refractivity contribution is 7.87. The minimum atomic E-state index is -3.75. The third kappa shape index (κ3) is 5.82. The van der Waals surface area contributed by atoms with Crippen molar-refractivity contribution in [1.29, 1.82) is 0 Å². The third-order valence-electron chi connectivity index (χ3n) is 3.12. The standard InChI is InChI=1S/C10H20N4O5S/c11-8(4-9(15)16)10(17)14-3-1-2-7(6-14)5-13-20(12,18)19/h7-8,13H,1-6,11H2,(H,15,16)(H2,12,18,19). The smallest absolute Gasteiger partial charge is 0.305 e. The lowest BCUT2D eigenvalue weighted by atomic mass is 9.97. The summed E-state index contributed by atoms with van der Waals surface area (Å²) in [6.45, 7) is 0.990. The van der Waals surface area contributed by atoms with Gasteiger partial charge in [0.2, 0.25) is 5.91 Å². The maximum Gasteiger partial charge on any atom is 0.305 e. The summed E-state index contributed by atoms with van der Waals surface area (Å²) in [5, 5.41) is 13.5. The van der Waals surface area contributed by atoms with Crippen LogP contribution < -0.4 is 15.6 Å². The van der Waals surface area contributed by atoms with Gasteiger partial charge in [-0.25, -0.2) is 9.86 Å². The molecule has 0 spiro atoms. The Hall–Kier alpha value is -1.23. The van der Waals surface area contributed by atoms with Gasteiger partial charge in [-0.15, -0.1) is 0 Å². The predicted octanol–water partition coefficient (Wildman–Crippen LogP) is -2.18. The monoisotopic (exact) mass is 308 g/mol. The predicted molar refractivity (Wildman–Crippen MR) is 70.6 cm³/mol. The number of carbonyl (C=O) groups excluding carboxylic acids is 1. The summed E-state index contributed by atoms with van der Waals surface area (Å²) < 4.78 is 23.8. The molecular formula is C10H20N4O5S. The highest BCUT2D eigenvalue weighted by Crippen LogP contribution is 2.16. The molecule has 0 aromatic rings. The molecule has 0 aliphatic carbocycles. The van der Waals surface area contributed by atoms with E-state index < -0.39 is 34.5 Å². The average molecular weight is 308 g/mol. The van der Waals surface area contributed by atoms with Crippen molar-refractivity contribution in [2.24, 2.45) is 16.8 Å². The number of piperidine rings is 1. The van der Waals surface area contributed by atoms with Crippen LogP contribution in [0.2, 0.25) is 0 Å². The summed E-state index contributed by atoms with van der Waals surface area (Å²) in [5.74, 6) is -1.61. The summed E-state index contributed by atoms with van der Waals surface area (Å²) >= 11 is 0. The molecule has 1 rings (SSSR count). The van der Waals surface area contributed by atoms with E-state index in [4.69, 9.17) is 16.0 Å². The van der Waals surface area contributed by atoms with E-state index in [0.717, 1.165) is 6.42 Å². The number of amides is 1. The van der Waals surface area contributed by atoms with Crippen LogP contribution in [-0.4, -0.2) is 56.0 Å². The van der Waals surface area contributed by atoms with Gasteiger partial charge in [-0.3, -0.25) is 9.59 Å². The summed E-state index contributed by atoms with van der Waals surface area (Å²) in [7, 11) is -3.75. The maximum atomic E-state index is 12.0. The molecule has 10 heteroatoms. The minimum absolute atomic E-state index is 0.0527. The van der Waals surface area contributed by atoms with Crippen LogP contribution >= 0.6 is 0 Å². The molecule has 0 bridgehead atoms. The van der Waals surface area contributed by atoms with Crippen LogP contribution in [0.4, 0.5) is 0 Å². The number of nitrogens with zero attached hydrogens (tertiary/aromatic N) is 1. The molecule has 9 nitrogen and oxygen atoms in total. The number of likely N-dealkylation sites (tertiary alicyclic amines) is 1. The second kappa shape index (κ2) is 6.97. The van der Waals surface area contributed by atoms with Crippen molar-refractivity contribution in [3.05, 3.63) is 0 Å². The third-order valence-corrected chi connectivity index (χ3v) is 3.68. The van der Waals surface area contributed by atoms with Gasteiger partial charge < -0.3 is 15.7 Å². The summed E-state index contributed by atoms with van der Waals surface area (Å²) in [6, 6.07) is -1.07. The van der Waals surface area contributed by atoms with Gasteiger partial charge in [0, 0.05) is 19.6 Å². The summed E-state index contributed by atoms with van der Waals surface area (Å²) in [5.41, 5.74) is 5.53. The SMILES string of the molecule is NC(CC(=O)O)C(=O)N1CCCC(CNS(N)(=O)=O)C1. The van der Waals surface area contributed by atoms with Crippen molar-refractivity contribution in [3.63, 3.8) is 0 Å². The Labute approximate surface area is 117 Å². The topological polar surface area (TPSA) is 156 Å². The molecule has 116 valence electrons. The lowest BCUT2D eigenvalue weighted by Gasteiger charge is -2.34. The van der Waals surface area contributed by atoms with E-state index in [1.807, 2.05) is 0 Å². The Morgan fingerprint density at radius 2 is 2.10 bits per heavy atom. The van der Waals surface area contributed by atoms with Crippen molar-refractivity contribution < 1.29 is 23.1 Å². The van der Waals surface area contributed by atoms with Crippen molar-refractivity contribution >= 4 is 22.1 Å². The van der Waals surface area contributed by atoms with E-state index >= 15 is 0 Å². The average Bonchev–Trinajstić information content (AvgIpc) is 2.34. The molecule has 1 aliphatic heterocycles. The summed E-state index contributed by atoms with van der Waals surface area (Å²) in [4.78, 5) is 24.0. The molecule has 6 N–H and O–H groups in total. The first kappa shape index (κ1) is 16.8. The van der Waals surface area contributed by atoms with Gasteiger partial charge in [0.15, 0.2) is 0 Å². The number of hydrogen-bond donors (Lipinski definition) is 4. The zero-order valence-electron chi connectivity index (χ0n) is 11.0. The van der Waals surface area contributed by atoms with E-state index in [1.54, 1.807) is 0 Å². The van der Waals surface area contributed by atoms with Crippen LogP contribution in [-0.2, 0) is 19.8 Å². The molecule has 0 radical (unpaired) electrons. The lowest BCUT2D eigenvalue weighted by Crippen LogP contribution is -2.50. The van der Waals surface area contributed by atoms with Crippen molar-refractivity contribution in [2.45, 2.75) is 25.3 Å². The van der Waals surface area contributed by atoms with E-state index in [9.17, 15) is 18.0 Å². The first-order chi connectivity index (χ1) is 9.19. The van der Waals surface area contributed by atoms with Crippen LogP contribution in [0.15, 0.2) is 0 Å². The van der Waals surface area contributed by atoms with Gasteiger partial charge in [0.1, 0.15) is 0 Å². The van der Waals surface area contributed by atoms with Crippen LogP contribution in [0.3, 0.4) is 0 Å². The number of carbonyl (C=O) groups is 2. The van der Waals surface area contributed by atoms with Gasteiger partial charge in [-0.2, -0.15) is 8.42 Å². The molecular weight excluding hydrogens is 288 g/mol. The Morgan fingerprint density at radius 3 is 2.65 bits per heavy atom. The Balaban J connectivity index is 2.51. The molecule has 1 saturated heterocycles. The van der Waals surface area contributed by atoms with Crippen LogP contribution in [0.5, 0.6) is 0 Å². The molecule has 1 aliphatic rings. The lowest BCUT2D eigenvalue weighted by molar-refractivity contribution is -0.142. The number of nitrogens with two attached hydrogens (primary N) is 2. The summed E-state index contributed by atoms with van der Waals surface area (Å²) in [6.07, 6.45) is 1.05. The van der Waals surface area contributed by atoms with Gasteiger partial charge in [-0.1, -0.05) is 0 Å². The van der Waals surface area contributed by atoms with Crippen molar-refractivity contribution in [1.82, 2.24) is 9.62 Å². The Morgan fingerprint density at radius 1 is 1.45 bits per heavy atom. The van der Waals surface area contributed by atoms with Gasteiger partial charge in [-0.05, 0) is 18.8 Å². The normalized spacial score (nSPS) is 21.5. The number of carboxylic acid groups (broad SMARTS) is 1. The number of hydrogen-bond acceptors (Lipinski definition) is 5. The molecule has 2 unspecified atom stereocenters. The number of nitrogens with one attached hydrogen (secondary N) is 1. The molecule has 1 fully saturated rings. The Kier molecular flexibility index (Phi) is 5.87. The molecule has 0 aromatic carbocycles. The molecule has 2 atom stereocenters. The van der Waals surface area contributed by atoms with E-state index in [2.05, 4.69) is 4.72 Å². The van der Waals surface area contributed by atoms with Crippen molar-refractivity contribution in [2.75, 3.05) is 19.6 Å². The minimum Gasteiger partial charge on any atom is -0.481 e. The number of aliphatic carboxylic acids is 1. The van der Waals surface area contributed by atoms with Crippen LogP contribution in [0.25, 0.3) is 0 Å². The zero-order valence-corrected chi connectivity index (χ0v) is 11.8. The molecule has 20 heavy (non-hydrogen) atoms. The largest absolute Gasteiger partial charge is 0.481 e. The first-order valence-corrected chi connectivity index (χ1v) is 7.77. The first-order valence-electron chi connectivity index (χ1n) is 6.22. The van der Waals surface area contributed by atoms with Crippen LogP contribution in [0.1, 0.15) is 19.3 Å². The van der Waals surface area contributed by atoms with Crippen molar-refractivity contribution in [3.8, 4) is 0 Å². The molecule has 1 amide bonds. The fourth-order valence-corrected chi connectivity index (χ4v) is 2.64. The number of carboxylic acids is 1. The maximum absolute atomic E-state index is 12.0. The van der Waals surface area contributed by atoms with E-state index in [0.29, 0.717) is 19.5 Å². The van der Waals surface area contributed by atoms with Gasteiger partial charge >= 0.3 is 5.97 Å². The Bertz CT molecular complexity index is 466.